The molecule has 0 saturated carbocycles. The molecule has 152 valence electrons. The van der Waals surface area contributed by atoms with E-state index in [-0.39, 0.29) is 22.8 Å². The van der Waals surface area contributed by atoms with Crippen LogP contribution in [0.15, 0.2) is 29.2 Å². The predicted molar refractivity (Wildman–Crippen MR) is 95.4 cm³/mol. The van der Waals surface area contributed by atoms with Crippen molar-refractivity contribution in [1.82, 2.24) is 15.1 Å². The third kappa shape index (κ3) is 3.84. The molecule has 1 amide bonds. The largest absolute Gasteiger partial charge is 0.405 e. The highest BCUT2D eigenvalue weighted by Crippen LogP contribution is 2.34. The lowest BCUT2D eigenvalue weighted by Crippen LogP contribution is -2.36. The zero-order chi connectivity index (χ0) is 20.7. The Kier molecular flexibility index (Phi) is 5.13. The van der Waals surface area contributed by atoms with Gasteiger partial charge in [0.05, 0.1) is 17.1 Å². The van der Waals surface area contributed by atoms with Gasteiger partial charge >= 0.3 is 6.18 Å². The van der Waals surface area contributed by atoms with Crippen LogP contribution in [-0.4, -0.2) is 43.4 Å². The normalized spacial score (nSPS) is 14.2. The molecule has 0 fully saturated rings. The van der Waals surface area contributed by atoms with Crippen LogP contribution in [-0.2, 0) is 27.8 Å². The number of anilines is 1. The minimum atomic E-state index is -4.53. The summed E-state index contributed by atoms with van der Waals surface area (Å²) in [6, 6.07) is 7.17. The van der Waals surface area contributed by atoms with Crippen molar-refractivity contribution in [3.63, 3.8) is 0 Å². The number of halogens is 3. The number of aromatic nitrogens is 2. The Balaban J connectivity index is 1.87. The number of fused-ring (bicyclic) bond motifs is 1. The molecule has 0 bridgehead atoms. The fraction of sp³-hybridized carbons (Fsp3) is 0.412. The lowest BCUT2D eigenvalue weighted by Gasteiger charge is -2.19. The number of benzene rings is 1. The van der Waals surface area contributed by atoms with Crippen LogP contribution in [0.2, 0.25) is 0 Å². The molecule has 0 unspecified atom stereocenters. The van der Waals surface area contributed by atoms with Crippen molar-refractivity contribution in [3.05, 3.63) is 41.2 Å². The van der Waals surface area contributed by atoms with Crippen molar-refractivity contribution in [2.24, 2.45) is 0 Å². The van der Waals surface area contributed by atoms with Crippen LogP contribution in [0, 0.1) is 13.8 Å². The van der Waals surface area contributed by atoms with E-state index in [0.717, 1.165) is 10.2 Å². The first-order valence-electron chi connectivity index (χ1n) is 8.49. The summed E-state index contributed by atoms with van der Waals surface area (Å²) in [5.74, 6) is -0.904. The number of carbonyl (C=O) groups excluding carboxylic acids is 1. The number of para-hydroxylation sites is 1. The predicted octanol–water partition coefficient (Wildman–Crippen LogP) is 1.93. The molecule has 0 aliphatic carbocycles. The second-order valence-corrected chi connectivity index (χ2v) is 8.30. The lowest BCUT2D eigenvalue weighted by atomic mass is 10.2. The van der Waals surface area contributed by atoms with Crippen LogP contribution in [0.25, 0.3) is 0 Å². The molecule has 0 spiro atoms. The summed E-state index contributed by atoms with van der Waals surface area (Å²) in [6.45, 7) is 1.30. The highest BCUT2D eigenvalue weighted by atomic mass is 32.2. The molecule has 1 aliphatic heterocycles. The summed E-state index contributed by atoms with van der Waals surface area (Å²) >= 11 is 0. The molecule has 0 radical (unpaired) electrons. The van der Waals surface area contributed by atoms with Crippen LogP contribution in [0.4, 0.5) is 18.9 Å². The first-order chi connectivity index (χ1) is 13.0. The van der Waals surface area contributed by atoms with E-state index >= 15 is 0 Å². The van der Waals surface area contributed by atoms with Crippen LogP contribution in [0.1, 0.15) is 17.0 Å². The number of rotatable bonds is 5. The Morgan fingerprint density at radius 2 is 1.93 bits per heavy atom. The van der Waals surface area contributed by atoms with Crippen LogP contribution in [0.5, 0.6) is 0 Å². The molecule has 0 atom stereocenters. The van der Waals surface area contributed by atoms with E-state index in [1.807, 2.05) is 12.1 Å². The summed E-state index contributed by atoms with van der Waals surface area (Å²) in [4.78, 5) is 11.7. The fourth-order valence-corrected chi connectivity index (χ4v) is 5.15. The Labute approximate surface area is 160 Å². The maximum absolute atomic E-state index is 13.2. The molecule has 1 aromatic heterocycles. The van der Waals surface area contributed by atoms with E-state index in [4.69, 9.17) is 0 Å². The Morgan fingerprint density at radius 3 is 2.61 bits per heavy atom. The number of aryl methyl sites for hydroxylation is 1. The first-order valence-corrected chi connectivity index (χ1v) is 9.93. The fourth-order valence-electron chi connectivity index (χ4n) is 3.27. The number of nitrogens with one attached hydrogen (secondary N) is 1. The molecule has 7 nitrogen and oxygen atoms in total. The second kappa shape index (κ2) is 7.12. The van der Waals surface area contributed by atoms with Gasteiger partial charge in [0.2, 0.25) is 5.91 Å². The van der Waals surface area contributed by atoms with Crippen molar-refractivity contribution >= 4 is 21.6 Å². The average Bonchev–Trinajstić information content (AvgIpc) is 3.14. The summed E-state index contributed by atoms with van der Waals surface area (Å²) < 4.78 is 65.5. The Hall–Kier alpha value is -2.56. The number of sulfonamides is 1. The van der Waals surface area contributed by atoms with E-state index in [1.54, 1.807) is 17.4 Å². The highest BCUT2D eigenvalue weighted by Gasteiger charge is 2.35. The molecule has 2 heterocycles. The number of hydrogen-bond donors (Lipinski definition) is 1. The summed E-state index contributed by atoms with van der Waals surface area (Å²) in [5, 5.41) is 5.81. The van der Waals surface area contributed by atoms with Crippen molar-refractivity contribution < 1.29 is 26.4 Å². The van der Waals surface area contributed by atoms with Gasteiger partial charge in [-0.2, -0.15) is 18.3 Å². The molecular weight excluding hydrogens is 397 g/mol. The van der Waals surface area contributed by atoms with E-state index < -0.39 is 35.2 Å². The van der Waals surface area contributed by atoms with Gasteiger partial charge in [0.15, 0.2) is 0 Å². The third-order valence-electron chi connectivity index (χ3n) is 4.49. The molecule has 2 aromatic rings. The van der Waals surface area contributed by atoms with Crippen molar-refractivity contribution in [2.75, 3.05) is 17.4 Å². The van der Waals surface area contributed by atoms with Gasteiger partial charge in [-0.05, 0) is 31.9 Å². The van der Waals surface area contributed by atoms with Gasteiger partial charge in [-0.1, -0.05) is 18.2 Å². The van der Waals surface area contributed by atoms with E-state index in [2.05, 4.69) is 5.10 Å². The van der Waals surface area contributed by atoms with E-state index in [0.29, 0.717) is 12.1 Å². The highest BCUT2D eigenvalue weighted by molar-refractivity contribution is 7.93. The first kappa shape index (κ1) is 20.2. The quantitative estimate of drug-likeness (QED) is 0.807. The second-order valence-electron chi connectivity index (χ2n) is 6.51. The van der Waals surface area contributed by atoms with Gasteiger partial charge in [-0.3, -0.25) is 13.8 Å². The van der Waals surface area contributed by atoms with Crippen LogP contribution >= 0.6 is 0 Å². The maximum atomic E-state index is 13.2. The van der Waals surface area contributed by atoms with Gasteiger partial charge in [-0.15, -0.1) is 0 Å². The summed E-state index contributed by atoms with van der Waals surface area (Å²) in [7, 11) is -3.93. The monoisotopic (exact) mass is 416 g/mol. The zero-order valence-corrected chi connectivity index (χ0v) is 16.1. The van der Waals surface area contributed by atoms with Gasteiger partial charge in [0.1, 0.15) is 18.0 Å². The minimum absolute atomic E-state index is 0.0344. The smallest absolute Gasteiger partial charge is 0.345 e. The van der Waals surface area contributed by atoms with Crippen molar-refractivity contribution in [3.8, 4) is 0 Å². The minimum Gasteiger partial charge on any atom is -0.345 e. The van der Waals surface area contributed by atoms with Gasteiger partial charge < -0.3 is 5.32 Å². The molecule has 1 N–H and O–H groups in total. The molecule has 0 saturated heterocycles. The SMILES string of the molecule is Cc1nn(CC(=O)NCC(F)(F)F)c(C)c1S(=O)(=O)N1CCc2ccccc21. The molecule has 1 aliphatic rings. The Bertz CT molecular complexity index is 1020. The van der Waals surface area contributed by atoms with E-state index in [9.17, 15) is 26.4 Å². The van der Waals surface area contributed by atoms with Gasteiger partial charge in [-0.25, -0.2) is 8.42 Å². The lowest BCUT2D eigenvalue weighted by molar-refractivity contribution is -0.138. The summed E-state index contributed by atoms with van der Waals surface area (Å²) in [5.41, 5.74) is 1.90. The van der Waals surface area contributed by atoms with Crippen LogP contribution < -0.4 is 9.62 Å². The molecule has 11 heteroatoms. The number of amides is 1. The molecule has 3 rings (SSSR count). The number of hydrogen-bond acceptors (Lipinski definition) is 4. The van der Waals surface area contributed by atoms with Crippen molar-refractivity contribution in [1.29, 1.82) is 0 Å². The van der Waals surface area contributed by atoms with Gasteiger partial charge in [0.25, 0.3) is 10.0 Å². The standard InChI is InChI=1S/C17H19F3N4O3S/c1-11-16(12(2)23(22-11)9-15(25)21-10-17(18,19)20)28(26,27)24-8-7-13-5-3-4-6-14(13)24/h3-6H,7-10H2,1-2H3,(H,21,25). The molecule has 1 aromatic carbocycles. The topological polar surface area (TPSA) is 84.3 Å². The third-order valence-corrected chi connectivity index (χ3v) is 6.55. The Morgan fingerprint density at radius 1 is 1.25 bits per heavy atom. The zero-order valence-electron chi connectivity index (χ0n) is 15.2. The average molecular weight is 416 g/mol. The number of alkyl halides is 3. The van der Waals surface area contributed by atoms with Crippen molar-refractivity contribution in [2.45, 2.75) is 37.9 Å². The van der Waals surface area contributed by atoms with Gasteiger partial charge in [0, 0.05) is 6.54 Å². The number of carbonyl (C=O) groups is 1. The molecule has 28 heavy (non-hydrogen) atoms. The van der Waals surface area contributed by atoms with E-state index in [1.165, 1.54) is 18.2 Å². The summed E-state index contributed by atoms with van der Waals surface area (Å²) in [6.07, 6.45) is -3.94. The van der Waals surface area contributed by atoms with Crippen LogP contribution in [0.3, 0.4) is 0 Å². The maximum Gasteiger partial charge on any atom is 0.405 e. The number of nitrogens with zero attached hydrogens (tertiary/aromatic N) is 3. The molecular formula is C17H19F3N4O3S.